The van der Waals surface area contributed by atoms with Crippen LogP contribution in [0.2, 0.25) is 0 Å². The van der Waals surface area contributed by atoms with Crippen molar-refractivity contribution in [1.82, 2.24) is 4.90 Å². The van der Waals surface area contributed by atoms with E-state index >= 15 is 0 Å². The van der Waals surface area contributed by atoms with Crippen molar-refractivity contribution in [2.45, 2.75) is 84.4 Å². The van der Waals surface area contributed by atoms with Gasteiger partial charge in [0.05, 0.1) is 12.0 Å². The van der Waals surface area contributed by atoms with E-state index in [4.69, 9.17) is 14.2 Å². The van der Waals surface area contributed by atoms with Crippen molar-refractivity contribution in [3.63, 3.8) is 0 Å². The standard InChI is InChI=1S/C36H41F3N2O6/c1-34(2,3)46-32(43)30(40(7)33(44)47-35(4,5)6)21-31(42)41-18-17-25-20-26(14-16-29(25)41)45-22-23-13-15-27(24-11-9-8-10-12-24)28(19-23)36(37,38)39/h8-16,19-20,30H,17-18,21-22H2,1-7H3/t30-/m0/s1. The SMILES string of the molecule is CN(C(=O)OC(C)(C)C)[C@@H](CC(=O)N1CCc2cc(OCc3ccc(-c4ccccc4)c(C(F)(F)F)c3)ccc21)C(=O)OC(C)(C)C. The van der Waals surface area contributed by atoms with Gasteiger partial charge in [0.15, 0.2) is 0 Å². The van der Waals surface area contributed by atoms with Crippen LogP contribution in [0.3, 0.4) is 0 Å². The summed E-state index contributed by atoms with van der Waals surface area (Å²) in [5.41, 5.74) is -0.0476. The topological polar surface area (TPSA) is 85.4 Å². The van der Waals surface area contributed by atoms with Gasteiger partial charge in [-0.05, 0) is 94.5 Å². The molecule has 11 heteroatoms. The van der Waals surface area contributed by atoms with Gasteiger partial charge in [-0.15, -0.1) is 0 Å². The van der Waals surface area contributed by atoms with Crippen molar-refractivity contribution >= 4 is 23.7 Å². The fourth-order valence-electron chi connectivity index (χ4n) is 5.16. The fraction of sp³-hybridized carbons (Fsp3) is 0.417. The summed E-state index contributed by atoms with van der Waals surface area (Å²) in [5.74, 6) is -0.676. The van der Waals surface area contributed by atoms with Gasteiger partial charge in [-0.3, -0.25) is 9.69 Å². The number of carbonyl (C=O) groups is 3. The molecule has 0 saturated carbocycles. The minimum absolute atomic E-state index is 0.0891. The van der Waals surface area contributed by atoms with Crippen molar-refractivity contribution in [3.05, 3.63) is 83.4 Å². The molecular formula is C36H41F3N2O6. The zero-order chi connectivity index (χ0) is 34.7. The summed E-state index contributed by atoms with van der Waals surface area (Å²) in [6.45, 7) is 10.4. The number of hydrogen-bond acceptors (Lipinski definition) is 6. The van der Waals surface area contributed by atoms with Crippen LogP contribution in [-0.4, -0.2) is 53.7 Å². The molecule has 0 bridgehead atoms. The Morgan fingerprint density at radius 2 is 1.53 bits per heavy atom. The predicted molar refractivity (Wildman–Crippen MR) is 172 cm³/mol. The highest BCUT2D eigenvalue weighted by Gasteiger charge is 2.38. The summed E-state index contributed by atoms with van der Waals surface area (Å²) in [5, 5.41) is 0. The van der Waals surface area contributed by atoms with Crippen molar-refractivity contribution in [2.24, 2.45) is 0 Å². The van der Waals surface area contributed by atoms with Crippen molar-refractivity contribution in [2.75, 3.05) is 18.5 Å². The van der Waals surface area contributed by atoms with E-state index < -0.39 is 41.0 Å². The molecule has 0 fully saturated rings. The number of anilines is 1. The summed E-state index contributed by atoms with van der Waals surface area (Å²) >= 11 is 0. The lowest BCUT2D eigenvalue weighted by Crippen LogP contribution is -2.49. The van der Waals surface area contributed by atoms with Gasteiger partial charge in [-0.25, -0.2) is 9.59 Å². The van der Waals surface area contributed by atoms with Crippen LogP contribution in [0.4, 0.5) is 23.7 Å². The van der Waals surface area contributed by atoms with Crippen LogP contribution in [0.15, 0.2) is 66.7 Å². The van der Waals surface area contributed by atoms with E-state index in [0.717, 1.165) is 16.5 Å². The Morgan fingerprint density at radius 3 is 2.15 bits per heavy atom. The molecule has 0 aliphatic carbocycles. The Balaban J connectivity index is 1.48. The smallest absolute Gasteiger partial charge is 0.417 e. The Hall–Kier alpha value is -4.54. The number of fused-ring (bicyclic) bond motifs is 1. The third kappa shape index (κ3) is 9.27. The highest BCUT2D eigenvalue weighted by molar-refractivity contribution is 5.99. The van der Waals surface area contributed by atoms with E-state index in [1.807, 2.05) is 0 Å². The van der Waals surface area contributed by atoms with E-state index in [0.29, 0.717) is 35.5 Å². The quantitative estimate of drug-likeness (QED) is 0.231. The van der Waals surface area contributed by atoms with Crippen molar-refractivity contribution in [1.29, 1.82) is 0 Å². The number of carbonyl (C=O) groups excluding carboxylic acids is 3. The average molecular weight is 655 g/mol. The van der Waals surface area contributed by atoms with E-state index in [9.17, 15) is 27.6 Å². The number of likely N-dealkylation sites (N-methyl/N-ethyl adjacent to an activating group) is 1. The molecular weight excluding hydrogens is 613 g/mol. The lowest BCUT2D eigenvalue weighted by Gasteiger charge is -2.32. The minimum Gasteiger partial charge on any atom is -0.489 e. The Morgan fingerprint density at radius 1 is 0.872 bits per heavy atom. The number of ether oxygens (including phenoxy) is 3. The molecule has 1 atom stereocenters. The second kappa shape index (κ2) is 13.7. The van der Waals surface area contributed by atoms with Crippen LogP contribution >= 0.6 is 0 Å². The molecule has 1 aliphatic heterocycles. The molecule has 0 N–H and O–H groups in total. The van der Waals surface area contributed by atoms with Crippen LogP contribution in [-0.2, 0) is 38.3 Å². The number of hydrogen-bond donors (Lipinski definition) is 0. The molecule has 1 heterocycles. The van der Waals surface area contributed by atoms with Gasteiger partial charge in [0.25, 0.3) is 0 Å². The van der Waals surface area contributed by atoms with E-state index in [-0.39, 0.29) is 24.5 Å². The number of benzene rings is 3. The molecule has 1 aliphatic rings. The van der Waals surface area contributed by atoms with Crippen molar-refractivity contribution < 1.29 is 41.8 Å². The monoisotopic (exact) mass is 654 g/mol. The highest BCUT2D eigenvalue weighted by Crippen LogP contribution is 2.38. The largest absolute Gasteiger partial charge is 0.489 e. The molecule has 8 nitrogen and oxygen atoms in total. The maximum Gasteiger partial charge on any atom is 0.417 e. The molecule has 47 heavy (non-hydrogen) atoms. The van der Waals surface area contributed by atoms with Gasteiger partial charge in [0.1, 0.15) is 29.6 Å². The maximum absolute atomic E-state index is 13.9. The van der Waals surface area contributed by atoms with Gasteiger partial charge in [0, 0.05) is 19.3 Å². The summed E-state index contributed by atoms with van der Waals surface area (Å²) < 4.78 is 58.7. The van der Waals surface area contributed by atoms with E-state index in [1.54, 1.807) is 96.1 Å². The molecule has 0 unspecified atom stereocenters. The highest BCUT2D eigenvalue weighted by atomic mass is 19.4. The zero-order valence-corrected chi connectivity index (χ0v) is 27.7. The van der Waals surface area contributed by atoms with Gasteiger partial charge in [-0.2, -0.15) is 13.2 Å². The Bertz CT molecular complexity index is 1610. The number of esters is 1. The number of nitrogens with zero attached hydrogens (tertiary/aromatic N) is 2. The number of halogens is 3. The van der Waals surface area contributed by atoms with Crippen LogP contribution in [0, 0.1) is 0 Å². The molecule has 0 radical (unpaired) electrons. The summed E-state index contributed by atoms with van der Waals surface area (Å²) in [6.07, 6.45) is -5.14. The van der Waals surface area contributed by atoms with E-state index in [1.165, 1.54) is 18.0 Å². The van der Waals surface area contributed by atoms with Crippen LogP contribution in [0.1, 0.15) is 64.7 Å². The summed E-state index contributed by atoms with van der Waals surface area (Å²) in [6, 6.07) is 16.4. The average Bonchev–Trinajstić information content (AvgIpc) is 3.40. The predicted octanol–water partition coefficient (Wildman–Crippen LogP) is 7.81. The first-order chi connectivity index (χ1) is 21.8. The second-order valence-electron chi connectivity index (χ2n) is 13.5. The normalized spacial score (nSPS) is 13.9. The Kier molecular flexibility index (Phi) is 10.3. The molecule has 4 rings (SSSR count). The third-order valence-electron chi connectivity index (χ3n) is 7.32. The first-order valence-electron chi connectivity index (χ1n) is 15.3. The first kappa shape index (κ1) is 35.3. The van der Waals surface area contributed by atoms with Gasteiger partial charge in [0.2, 0.25) is 5.91 Å². The molecule has 252 valence electrons. The summed E-state index contributed by atoms with van der Waals surface area (Å²) in [4.78, 5) is 42.1. The number of alkyl halides is 3. The van der Waals surface area contributed by atoms with Crippen LogP contribution in [0.5, 0.6) is 5.75 Å². The minimum atomic E-state index is -4.55. The molecule has 0 aromatic heterocycles. The Labute approximate surface area is 273 Å². The molecule has 0 spiro atoms. The fourth-order valence-corrected chi connectivity index (χ4v) is 5.16. The van der Waals surface area contributed by atoms with Gasteiger partial charge in [-0.1, -0.05) is 42.5 Å². The van der Waals surface area contributed by atoms with Gasteiger partial charge < -0.3 is 19.1 Å². The van der Waals surface area contributed by atoms with Crippen molar-refractivity contribution in [3.8, 4) is 16.9 Å². The molecule has 3 aromatic rings. The number of amides is 2. The lowest BCUT2D eigenvalue weighted by molar-refractivity contribution is -0.161. The summed E-state index contributed by atoms with van der Waals surface area (Å²) in [7, 11) is 1.39. The lowest BCUT2D eigenvalue weighted by atomic mass is 9.97. The molecule has 0 saturated heterocycles. The molecule has 3 aromatic carbocycles. The second-order valence-corrected chi connectivity index (χ2v) is 13.5. The zero-order valence-electron chi connectivity index (χ0n) is 27.7. The van der Waals surface area contributed by atoms with Crippen LogP contribution in [0.25, 0.3) is 11.1 Å². The first-order valence-corrected chi connectivity index (χ1v) is 15.3. The maximum atomic E-state index is 13.9. The van der Waals surface area contributed by atoms with Crippen LogP contribution < -0.4 is 9.64 Å². The van der Waals surface area contributed by atoms with Gasteiger partial charge >= 0.3 is 18.2 Å². The van der Waals surface area contributed by atoms with E-state index in [2.05, 4.69) is 0 Å². The molecule has 2 amide bonds. The third-order valence-corrected chi connectivity index (χ3v) is 7.32. The number of rotatable bonds is 8.